The van der Waals surface area contributed by atoms with E-state index in [-0.39, 0.29) is 41.3 Å². The van der Waals surface area contributed by atoms with Crippen molar-refractivity contribution in [2.45, 2.75) is 96.9 Å². The third-order valence-corrected chi connectivity index (χ3v) is 10.3. The molecule has 0 amide bonds. The van der Waals surface area contributed by atoms with Crippen LogP contribution in [0.5, 0.6) is 0 Å². The number of carboxylic acids is 1. The Bertz CT molecular complexity index is 637. The Labute approximate surface area is 174 Å². The standard InChI is InChI=1S/C24H40O5/c1-13(4-7-21(28)29)16-5-6-17-22-18(12-20(27)24(16,17)3)23(2)9-8-15(25)10-14(23)11-19(22)26/h13-20,22,25-27H,4-12H2,1-3H3,(H,28,29)/t13-,14?,15-,16?,17+,18+,19-,20?,22?,23?,24?/m1/s1. The first-order chi connectivity index (χ1) is 13.6. The number of carboxylic acid groups (broad SMARTS) is 1. The van der Waals surface area contributed by atoms with E-state index in [0.717, 1.165) is 44.9 Å². The molecule has 166 valence electrons. The largest absolute Gasteiger partial charge is 0.481 e. The van der Waals surface area contributed by atoms with Crippen molar-refractivity contribution in [1.29, 1.82) is 0 Å². The highest BCUT2D eigenvalue weighted by Gasteiger charge is 2.65. The molecule has 0 radical (unpaired) electrons. The summed E-state index contributed by atoms with van der Waals surface area (Å²) in [7, 11) is 0. The number of aliphatic hydroxyl groups excluding tert-OH is 3. The fourth-order valence-electron chi connectivity index (χ4n) is 8.68. The van der Waals surface area contributed by atoms with Crippen LogP contribution in [0.25, 0.3) is 0 Å². The number of rotatable bonds is 4. The highest BCUT2D eigenvalue weighted by molar-refractivity contribution is 5.66. The van der Waals surface area contributed by atoms with Gasteiger partial charge in [0.05, 0.1) is 18.3 Å². The summed E-state index contributed by atoms with van der Waals surface area (Å²) in [6, 6.07) is 0. The molecule has 29 heavy (non-hydrogen) atoms. The van der Waals surface area contributed by atoms with E-state index in [1.807, 2.05) is 0 Å². The van der Waals surface area contributed by atoms with E-state index >= 15 is 0 Å². The highest BCUT2D eigenvalue weighted by atomic mass is 16.4. The van der Waals surface area contributed by atoms with Crippen LogP contribution in [-0.4, -0.2) is 44.7 Å². The van der Waals surface area contributed by atoms with Crippen molar-refractivity contribution in [1.82, 2.24) is 0 Å². The molecule has 0 saturated heterocycles. The molecule has 4 aliphatic rings. The molecule has 0 spiro atoms. The molecule has 4 aliphatic carbocycles. The third-order valence-electron chi connectivity index (χ3n) is 10.3. The lowest BCUT2D eigenvalue weighted by molar-refractivity contribution is -0.207. The maximum atomic E-state index is 11.5. The smallest absolute Gasteiger partial charge is 0.303 e. The fourth-order valence-corrected chi connectivity index (χ4v) is 8.68. The van der Waals surface area contributed by atoms with Crippen LogP contribution in [0, 0.1) is 46.3 Å². The van der Waals surface area contributed by atoms with Gasteiger partial charge in [0.25, 0.3) is 0 Å². The Hall–Kier alpha value is -0.650. The second-order valence-corrected chi connectivity index (χ2v) is 11.4. The lowest BCUT2D eigenvalue weighted by Gasteiger charge is -2.63. The molecule has 0 aromatic rings. The molecule has 0 aromatic heterocycles. The summed E-state index contributed by atoms with van der Waals surface area (Å²) >= 11 is 0. The fraction of sp³-hybridized carbons (Fsp3) is 0.958. The summed E-state index contributed by atoms with van der Waals surface area (Å²) in [6.07, 6.45) is 6.00. The van der Waals surface area contributed by atoms with E-state index < -0.39 is 12.1 Å². The predicted molar refractivity (Wildman–Crippen MR) is 110 cm³/mol. The number of aliphatic carboxylic acids is 1. The van der Waals surface area contributed by atoms with Crippen molar-refractivity contribution in [2.24, 2.45) is 46.3 Å². The Balaban J connectivity index is 1.61. The molecule has 5 nitrogen and oxygen atoms in total. The average molecular weight is 409 g/mol. The summed E-state index contributed by atoms with van der Waals surface area (Å²) in [5.41, 5.74) is -0.143. The Morgan fingerprint density at radius 2 is 1.76 bits per heavy atom. The summed E-state index contributed by atoms with van der Waals surface area (Å²) in [5.74, 6) is 0.997. The van der Waals surface area contributed by atoms with E-state index in [1.165, 1.54) is 0 Å². The normalized spacial score (nSPS) is 52.9. The second kappa shape index (κ2) is 7.49. The summed E-state index contributed by atoms with van der Waals surface area (Å²) in [4.78, 5) is 11.1. The van der Waals surface area contributed by atoms with Crippen molar-refractivity contribution in [3.8, 4) is 0 Å². The van der Waals surface area contributed by atoms with Crippen molar-refractivity contribution in [3.05, 3.63) is 0 Å². The molecule has 4 fully saturated rings. The molecule has 4 saturated carbocycles. The third kappa shape index (κ3) is 3.27. The molecular formula is C24H40O5. The molecule has 4 rings (SSSR count). The number of fused-ring (bicyclic) bond motifs is 5. The number of hydrogen-bond donors (Lipinski definition) is 4. The Kier molecular flexibility index (Phi) is 5.57. The number of aliphatic hydroxyl groups is 3. The molecule has 0 heterocycles. The number of hydrogen-bond acceptors (Lipinski definition) is 4. The van der Waals surface area contributed by atoms with Crippen molar-refractivity contribution >= 4 is 5.97 Å². The van der Waals surface area contributed by atoms with E-state index in [4.69, 9.17) is 5.11 Å². The zero-order valence-corrected chi connectivity index (χ0v) is 18.3. The van der Waals surface area contributed by atoms with E-state index in [9.17, 15) is 20.1 Å². The van der Waals surface area contributed by atoms with Crippen LogP contribution < -0.4 is 0 Å². The zero-order valence-electron chi connectivity index (χ0n) is 18.3. The molecule has 5 heteroatoms. The van der Waals surface area contributed by atoms with Crippen LogP contribution in [0.2, 0.25) is 0 Å². The van der Waals surface area contributed by atoms with Gasteiger partial charge in [-0.2, -0.15) is 0 Å². The first-order valence-corrected chi connectivity index (χ1v) is 11.8. The maximum absolute atomic E-state index is 11.5. The lowest BCUT2D eigenvalue weighted by atomic mass is 9.43. The number of carbonyl (C=O) groups is 1. The van der Waals surface area contributed by atoms with Crippen LogP contribution in [0.15, 0.2) is 0 Å². The Morgan fingerprint density at radius 3 is 2.45 bits per heavy atom. The topological polar surface area (TPSA) is 98.0 Å². The van der Waals surface area contributed by atoms with E-state index in [0.29, 0.717) is 30.1 Å². The minimum Gasteiger partial charge on any atom is -0.481 e. The van der Waals surface area contributed by atoms with Crippen molar-refractivity contribution < 1.29 is 25.2 Å². The molecule has 11 atom stereocenters. The van der Waals surface area contributed by atoms with Crippen molar-refractivity contribution in [2.75, 3.05) is 0 Å². The lowest BCUT2D eigenvalue weighted by Crippen LogP contribution is -2.62. The average Bonchev–Trinajstić information content (AvgIpc) is 3.01. The van der Waals surface area contributed by atoms with Gasteiger partial charge >= 0.3 is 5.97 Å². The quantitative estimate of drug-likeness (QED) is 0.571. The Morgan fingerprint density at radius 1 is 1.03 bits per heavy atom. The van der Waals surface area contributed by atoms with Gasteiger partial charge in [0.15, 0.2) is 0 Å². The highest BCUT2D eigenvalue weighted by Crippen LogP contribution is 2.68. The molecule has 0 bridgehead atoms. The van der Waals surface area contributed by atoms with Crippen LogP contribution in [0.3, 0.4) is 0 Å². The first kappa shape index (κ1) is 21.6. The minimum absolute atomic E-state index is 0.0957. The van der Waals surface area contributed by atoms with Gasteiger partial charge in [-0.15, -0.1) is 0 Å². The van der Waals surface area contributed by atoms with Gasteiger partial charge in [-0.05, 0) is 97.7 Å². The van der Waals surface area contributed by atoms with Gasteiger partial charge in [0.1, 0.15) is 0 Å². The minimum atomic E-state index is -0.748. The SMILES string of the molecule is C[C@H](CCC(=O)O)C1CC[C@H]2C3[C@H](O)CC4C[C@H](O)CCC4(C)[C@H]3CC(O)C12C. The summed E-state index contributed by atoms with van der Waals surface area (Å²) < 4.78 is 0. The molecule has 0 aromatic carbocycles. The van der Waals surface area contributed by atoms with Gasteiger partial charge in [-0.1, -0.05) is 20.8 Å². The maximum Gasteiger partial charge on any atom is 0.303 e. The first-order valence-electron chi connectivity index (χ1n) is 11.8. The molecule has 6 unspecified atom stereocenters. The zero-order chi connectivity index (χ0) is 21.1. The van der Waals surface area contributed by atoms with Gasteiger partial charge in [-0.3, -0.25) is 4.79 Å². The molecule has 4 N–H and O–H groups in total. The van der Waals surface area contributed by atoms with Gasteiger partial charge in [0.2, 0.25) is 0 Å². The monoisotopic (exact) mass is 408 g/mol. The van der Waals surface area contributed by atoms with E-state index in [2.05, 4.69) is 20.8 Å². The molecule has 0 aliphatic heterocycles. The van der Waals surface area contributed by atoms with Gasteiger partial charge in [0, 0.05) is 6.42 Å². The van der Waals surface area contributed by atoms with Crippen LogP contribution in [0.4, 0.5) is 0 Å². The van der Waals surface area contributed by atoms with Crippen LogP contribution >= 0.6 is 0 Å². The van der Waals surface area contributed by atoms with Crippen molar-refractivity contribution in [3.63, 3.8) is 0 Å². The van der Waals surface area contributed by atoms with Crippen LogP contribution in [0.1, 0.15) is 78.6 Å². The van der Waals surface area contributed by atoms with Crippen LogP contribution in [-0.2, 0) is 4.79 Å². The van der Waals surface area contributed by atoms with E-state index in [1.54, 1.807) is 0 Å². The molecular weight excluding hydrogens is 368 g/mol. The van der Waals surface area contributed by atoms with Gasteiger partial charge < -0.3 is 20.4 Å². The predicted octanol–water partition coefficient (Wildman–Crippen LogP) is 3.45. The summed E-state index contributed by atoms with van der Waals surface area (Å²) in [5, 5.41) is 42.0. The summed E-state index contributed by atoms with van der Waals surface area (Å²) in [6.45, 7) is 6.72. The second-order valence-electron chi connectivity index (χ2n) is 11.4. The van der Waals surface area contributed by atoms with Gasteiger partial charge in [-0.25, -0.2) is 0 Å².